The standard InChI is InChI=1S/C14H21NO.C2H6/c1-4-10-15(11-5-2)14(16)13-8-6-12(3)7-9-13;1-2/h6-9H,4-5,10-11H2,1-3H3;1-2H3. The molecular weight excluding hydrogens is 222 g/mol. The average Bonchev–Trinajstić information content (AvgIpc) is 2.41. The first kappa shape index (κ1) is 16.7. The summed E-state index contributed by atoms with van der Waals surface area (Å²) < 4.78 is 0. The van der Waals surface area contributed by atoms with Crippen LogP contribution in [0, 0.1) is 6.92 Å². The van der Waals surface area contributed by atoms with Gasteiger partial charge in [-0.15, -0.1) is 0 Å². The van der Waals surface area contributed by atoms with Crippen LogP contribution in [0.15, 0.2) is 24.3 Å². The second-order valence-electron chi connectivity index (χ2n) is 4.16. The van der Waals surface area contributed by atoms with Gasteiger partial charge in [0.15, 0.2) is 0 Å². The molecule has 0 aliphatic rings. The zero-order valence-electron chi connectivity index (χ0n) is 12.5. The largest absolute Gasteiger partial charge is 0.339 e. The predicted molar refractivity (Wildman–Crippen MR) is 79.0 cm³/mol. The fourth-order valence-electron chi connectivity index (χ4n) is 1.73. The van der Waals surface area contributed by atoms with E-state index < -0.39 is 0 Å². The van der Waals surface area contributed by atoms with Gasteiger partial charge in [0, 0.05) is 18.7 Å². The summed E-state index contributed by atoms with van der Waals surface area (Å²) in [4.78, 5) is 14.1. The summed E-state index contributed by atoms with van der Waals surface area (Å²) in [5, 5.41) is 0. The first-order valence-corrected chi connectivity index (χ1v) is 7.05. The van der Waals surface area contributed by atoms with E-state index >= 15 is 0 Å². The highest BCUT2D eigenvalue weighted by Crippen LogP contribution is 2.08. The van der Waals surface area contributed by atoms with Gasteiger partial charge in [0.2, 0.25) is 0 Å². The molecule has 0 aliphatic carbocycles. The molecule has 0 unspecified atom stereocenters. The van der Waals surface area contributed by atoms with E-state index in [0.717, 1.165) is 31.5 Å². The molecule has 0 radical (unpaired) electrons. The van der Waals surface area contributed by atoms with Crippen molar-refractivity contribution in [3.63, 3.8) is 0 Å². The normalized spacial score (nSPS) is 9.39. The lowest BCUT2D eigenvalue weighted by Crippen LogP contribution is -2.32. The summed E-state index contributed by atoms with van der Waals surface area (Å²) in [6, 6.07) is 7.80. The maximum absolute atomic E-state index is 12.2. The SMILES string of the molecule is CC.CCCN(CCC)C(=O)c1ccc(C)cc1. The number of hydrogen-bond acceptors (Lipinski definition) is 1. The van der Waals surface area contributed by atoms with Crippen LogP contribution in [0.5, 0.6) is 0 Å². The Morgan fingerprint density at radius 3 is 1.83 bits per heavy atom. The van der Waals surface area contributed by atoms with Crippen LogP contribution in [0.3, 0.4) is 0 Å². The second-order valence-corrected chi connectivity index (χ2v) is 4.16. The lowest BCUT2D eigenvalue weighted by molar-refractivity contribution is 0.0755. The van der Waals surface area contributed by atoms with Gasteiger partial charge in [-0.3, -0.25) is 4.79 Å². The molecule has 1 aromatic rings. The quantitative estimate of drug-likeness (QED) is 0.762. The average molecular weight is 249 g/mol. The summed E-state index contributed by atoms with van der Waals surface area (Å²) in [5.74, 6) is 0.156. The number of hydrogen-bond donors (Lipinski definition) is 0. The molecule has 18 heavy (non-hydrogen) atoms. The van der Waals surface area contributed by atoms with Crippen LogP contribution in [0.4, 0.5) is 0 Å². The van der Waals surface area contributed by atoms with Gasteiger partial charge in [0.05, 0.1) is 0 Å². The fourth-order valence-corrected chi connectivity index (χ4v) is 1.73. The number of aryl methyl sites for hydroxylation is 1. The van der Waals surface area contributed by atoms with E-state index in [0.29, 0.717) is 0 Å². The van der Waals surface area contributed by atoms with Crippen LogP contribution in [0.2, 0.25) is 0 Å². The van der Waals surface area contributed by atoms with Crippen molar-refractivity contribution in [2.45, 2.75) is 47.5 Å². The Morgan fingerprint density at radius 1 is 1.00 bits per heavy atom. The number of rotatable bonds is 5. The number of carbonyl (C=O) groups is 1. The second kappa shape index (κ2) is 9.69. The molecule has 0 bridgehead atoms. The Kier molecular flexibility index (Phi) is 8.99. The molecule has 2 nitrogen and oxygen atoms in total. The lowest BCUT2D eigenvalue weighted by atomic mass is 10.1. The van der Waals surface area contributed by atoms with Crippen molar-refractivity contribution in [1.29, 1.82) is 0 Å². The van der Waals surface area contributed by atoms with Crippen LogP contribution in [0.1, 0.15) is 56.5 Å². The summed E-state index contributed by atoms with van der Waals surface area (Å²) in [6.07, 6.45) is 2.02. The molecule has 0 spiro atoms. The molecular formula is C16H27NO. The lowest BCUT2D eigenvalue weighted by Gasteiger charge is -2.21. The van der Waals surface area contributed by atoms with Crippen molar-refractivity contribution in [3.05, 3.63) is 35.4 Å². The monoisotopic (exact) mass is 249 g/mol. The van der Waals surface area contributed by atoms with Gasteiger partial charge in [-0.05, 0) is 31.9 Å². The van der Waals surface area contributed by atoms with Gasteiger partial charge in [0.25, 0.3) is 5.91 Å². The van der Waals surface area contributed by atoms with E-state index in [-0.39, 0.29) is 5.91 Å². The number of carbonyl (C=O) groups excluding carboxylic acids is 1. The molecule has 0 aromatic heterocycles. The first-order chi connectivity index (χ1) is 8.69. The summed E-state index contributed by atoms with van der Waals surface area (Å²) in [5.41, 5.74) is 1.99. The van der Waals surface area contributed by atoms with E-state index in [1.807, 2.05) is 49.9 Å². The van der Waals surface area contributed by atoms with E-state index in [9.17, 15) is 4.79 Å². The molecule has 2 heteroatoms. The third-order valence-corrected chi connectivity index (χ3v) is 2.57. The predicted octanol–water partition coefficient (Wildman–Crippen LogP) is 4.28. The van der Waals surface area contributed by atoms with Crippen molar-refractivity contribution in [2.75, 3.05) is 13.1 Å². The smallest absolute Gasteiger partial charge is 0.253 e. The molecule has 1 aromatic carbocycles. The highest BCUT2D eigenvalue weighted by molar-refractivity contribution is 5.94. The molecule has 0 aliphatic heterocycles. The molecule has 0 heterocycles. The summed E-state index contributed by atoms with van der Waals surface area (Å²) in [7, 11) is 0. The van der Waals surface area contributed by atoms with Crippen LogP contribution < -0.4 is 0 Å². The number of benzene rings is 1. The maximum atomic E-state index is 12.2. The topological polar surface area (TPSA) is 20.3 Å². The molecule has 0 N–H and O–H groups in total. The van der Waals surface area contributed by atoms with Gasteiger partial charge in [0.1, 0.15) is 0 Å². The van der Waals surface area contributed by atoms with Crippen molar-refractivity contribution in [3.8, 4) is 0 Å². The number of nitrogens with zero attached hydrogens (tertiary/aromatic N) is 1. The molecule has 1 amide bonds. The molecule has 1 rings (SSSR count). The van der Waals surface area contributed by atoms with Crippen LogP contribution in [-0.4, -0.2) is 23.9 Å². The third kappa shape index (κ3) is 5.35. The van der Waals surface area contributed by atoms with Crippen LogP contribution >= 0.6 is 0 Å². The van der Waals surface area contributed by atoms with E-state index in [1.165, 1.54) is 5.56 Å². The zero-order valence-corrected chi connectivity index (χ0v) is 12.5. The Hall–Kier alpha value is -1.31. The first-order valence-electron chi connectivity index (χ1n) is 7.05. The maximum Gasteiger partial charge on any atom is 0.253 e. The van der Waals surface area contributed by atoms with Gasteiger partial charge in [-0.25, -0.2) is 0 Å². The Bertz CT molecular complexity index is 323. The minimum Gasteiger partial charge on any atom is -0.339 e. The van der Waals surface area contributed by atoms with E-state index in [4.69, 9.17) is 0 Å². The van der Waals surface area contributed by atoms with Gasteiger partial charge < -0.3 is 4.90 Å². The van der Waals surface area contributed by atoms with Crippen molar-refractivity contribution in [1.82, 2.24) is 4.90 Å². The highest BCUT2D eigenvalue weighted by Gasteiger charge is 2.13. The Labute approximate surface area is 112 Å². The van der Waals surface area contributed by atoms with Crippen LogP contribution in [0.25, 0.3) is 0 Å². The minimum atomic E-state index is 0.156. The van der Waals surface area contributed by atoms with E-state index in [1.54, 1.807) is 0 Å². The van der Waals surface area contributed by atoms with Gasteiger partial charge in [-0.2, -0.15) is 0 Å². The third-order valence-electron chi connectivity index (χ3n) is 2.57. The number of amides is 1. The van der Waals surface area contributed by atoms with Crippen LogP contribution in [-0.2, 0) is 0 Å². The molecule has 0 saturated heterocycles. The van der Waals surface area contributed by atoms with E-state index in [2.05, 4.69) is 13.8 Å². The van der Waals surface area contributed by atoms with Crippen molar-refractivity contribution < 1.29 is 4.79 Å². The zero-order chi connectivity index (χ0) is 14.0. The Balaban J connectivity index is 0.00000137. The van der Waals surface area contributed by atoms with Crippen molar-refractivity contribution in [2.24, 2.45) is 0 Å². The van der Waals surface area contributed by atoms with Crippen molar-refractivity contribution >= 4 is 5.91 Å². The fraction of sp³-hybridized carbons (Fsp3) is 0.562. The Morgan fingerprint density at radius 2 is 1.44 bits per heavy atom. The van der Waals surface area contributed by atoms with Gasteiger partial charge in [-0.1, -0.05) is 45.4 Å². The molecule has 0 saturated carbocycles. The summed E-state index contributed by atoms with van der Waals surface area (Å²) >= 11 is 0. The molecule has 102 valence electrons. The molecule has 0 fully saturated rings. The summed E-state index contributed by atoms with van der Waals surface area (Å²) in [6.45, 7) is 11.9. The minimum absolute atomic E-state index is 0.156. The highest BCUT2D eigenvalue weighted by atomic mass is 16.2. The molecule has 0 atom stereocenters. The van der Waals surface area contributed by atoms with Gasteiger partial charge >= 0.3 is 0 Å².